The van der Waals surface area contributed by atoms with E-state index >= 15 is 0 Å². The van der Waals surface area contributed by atoms with Crippen molar-refractivity contribution in [3.05, 3.63) is 21.9 Å². The van der Waals surface area contributed by atoms with E-state index in [4.69, 9.17) is 4.84 Å². The van der Waals surface area contributed by atoms with Crippen molar-refractivity contribution in [2.75, 3.05) is 6.61 Å². The predicted octanol–water partition coefficient (Wildman–Crippen LogP) is 3.63. The van der Waals surface area contributed by atoms with E-state index in [1.54, 1.807) is 11.3 Å². The maximum atomic E-state index is 5.24. The molecule has 15 heavy (non-hydrogen) atoms. The predicted molar refractivity (Wildman–Crippen MR) is 64.7 cm³/mol. The van der Waals surface area contributed by atoms with E-state index in [0.717, 1.165) is 12.5 Å². The van der Waals surface area contributed by atoms with Crippen LogP contribution in [0.2, 0.25) is 0 Å². The average Bonchev–Trinajstić information content (AvgIpc) is 2.90. The second-order valence-corrected chi connectivity index (χ2v) is 5.32. The van der Waals surface area contributed by atoms with Crippen molar-refractivity contribution in [2.24, 2.45) is 11.1 Å². The van der Waals surface area contributed by atoms with Crippen LogP contribution in [-0.4, -0.2) is 12.8 Å². The Morgan fingerprint density at radius 2 is 2.40 bits per heavy atom. The van der Waals surface area contributed by atoms with Crippen molar-refractivity contribution >= 4 is 17.6 Å². The summed E-state index contributed by atoms with van der Waals surface area (Å²) in [4.78, 5) is 6.46. The molecule has 1 aromatic rings. The van der Waals surface area contributed by atoms with Crippen molar-refractivity contribution < 1.29 is 4.84 Å². The highest BCUT2D eigenvalue weighted by Gasteiger charge is 2.21. The summed E-state index contributed by atoms with van der Waals surface area (Å²) < 4.78 is 0. The highest BCUT2D eigenvalue weighted by atomic mass is 32.1. The van der Waals surface area contributed by atoms with Gasteiger partial charge in [0.25, 0.3) is 0 Å². The fraction of sp³-hybridized carbons (Fsp3) is 0.583. The Balaban J connectivity index is 1.87. The molecule has 1 fully saturated rings. The molecule has 0 bridgehead atoms. The number of oxime groups is 1. The standard InChI is InChI=1S/C12H17NOS/c1-9(2)11-5-6-15-12(11)7-13-14-8-10-3-4-10/h5-7,9-10H,3-4,8H2,1-2H3/b13-7+. The third-order valence-corrected chi connectivity index (χ3v) is 3.47. The smallest absolute Gasteiger partial charge is 0.120 e. The van der Waals surface area contributed by atoms with E-state index in [9.17, 15) is 0 Å². The lowest BCUT2D eigenvalue weighted by atomic mass is 10.1. The molecule has 2 rings (SSSR count). The van der Waals surface area contributed by atoms with Crippen molar-refractivity contribution in [1.29, 1.82) is 0 Å². The fourth-order valence-electron chi connectivity index (χ4n) is 1.43. The minimum atomic E-state index is 0.557. The molecule has 0 saturated heterocycles. The normalized spacial score (nSPS) is 16.5. The minimum Gasteiger partial charge on any atom is -0.395 e. The van der Waals surface area contributed by atoms with Crippen LogP contribution in [0.5, 0.6) is 0 Å². The Hall–Kier alpha value is -0.830. The van der Waals surface area contributed by atoms with Gasteiger partial charge in [-0.1, -0.05) is 19.0 Å². The third-order valence-electron chi connectivity index (χ3n) is 2.60. The number of nitrogens with zero attached hydrogens (tertiary/aromatic N) is 1. The molecule has 1 aliphatic carbocycles. The van der Waals surface area contributed by atoms with Crippen LogP contribution in [0.15, 0.2) is 16.6 Å². The summed E-state index contributed by atoms with van der Waals surface area (Å²) in [6, 6.07) is 2.16. The average molecular weight is 223 g/mol. The summed E-state index contributed by atoms with van der Waals surface area (Å²) in [6.07, 6.45) is 4.47. The summed E-state index contributed by atoms with van der Waals surface area (Å²) in [7, 11) is 0. The quantitative estimate of drug-likeness (QED) is 0.551. The van der Waals surface area contributed by atoms with Crippen LogP contribution < -0.4 is 0 Å². The van der Waals surface area contributed by atoms with Gasteiger partial charge in [-0.05, 0) is 41.7 Å². The Kier molecular flexibility index (Phi) is 3.41. The lowest BCUT2D eigenvalue weighted by Crippen LogP contribution is -1.92. The number of hydrogen-bond donors (Lipinski definition) is 0. The van der Waals surface area contributed by atoms with Gasteiger partial charge in [0.05, 0.1) is 11.1 Å². The Labute approximate surface area is 94.9 Å². The largest absolute Gasteiger partial charge is 0.395 e. The zero-order valence-electron chi connectivity index (χ0n) is 9.27. The van der Waals surface area contributed by atoms with Crippen LogP contribution in [0, 0.1) is 5.92 Å². The molecule has 1 heterocycles. The molecule has 82 valence electrons. The van der Waals surface area contributed by atoms with Crippen molar-refractivity contribution in [1.82, 2.24) is 0 Å². The first-order valence-corrected chi connectivity index (χ1v) is 6.38. The molecular formula is C12H17NOS. The summed E-state index contributed by atoms with van der Waals surface area (Å²) in [5, 5.41) is 6.13. The van der Waals surface area contributed by atoms with E-state index in [1.807, 2.05) is 6.21 Å². The minimum absolute atomic E-state index is 0.557. The van der Waals surface area contributed by atoms with Gasteiger partial charge in [-0.25, -0.2) is 0 Å². The van der Waals surface area contributed by atoms with E-state index in [0.29, 0.717) is 5.92 Å². The van der Waals surface area contributed by atoms with Gasteiger partial charge in [-0.15, -0.1) is 11.3 Å². The van der Waals surface area contributed by atoms with Crippen LogP contribution in [0.25, 0.3) is 0 Å². The molecule has 1 aliphatic rings. The van der Waals surface area contributed by atoms with E-state index in [1.165, 1.54) is 23.3 Å². The summed E-state index contributed by atoms with van der Waals surface area (Å²) >= 11 is 1.72. The Morgan fingerprint density at radius 1 is 1.60 bits per heavy atom. The van der Waals surface area contributed by atoms with Crippen molar-refractivity contribution in [3.8, 4) is 0 Å². The van der Waals surface area contributed by atoms with Crippen LogP contribution >= 0.6 is 11.3 Å². The van der Waals surface area contributed by atoms with Crippen molar-refractivity contribution in [3.63, 3.8) is 0 Å². The van der Waals surface area contributed by atoms with Gasteiger partial charge < -0.3 is 4.84 Å². The highest BCUT2D eigenvalue weighted by molar-refractivity contribution is 7.11. The lowest BCUT2D eigenvalue weighted by Gasteiger charge is -2.02. The lowest BCUT2D eigenvalue weighted by molar-refractivity contribution is 0.135. The number of thiophene rings is 1. The second-order valence-electron chi connectivity index (χ2n) is 4.37. The van der Waals surface area contributed by atoms with Gasteiger partial charge in [0.2, 0.25) is 0 Å². The van der Waals surface area contributed by atoms with Crippen LogP contribution in [0.3, 0.4) is 0 Å². The van der Waals surface area contributed by atoms with Gasteiger partial charge >= 0.3 is 0 Å². The number of rotatable bonds is 5. The van der Waals surface area contributed by atoms with Gasteiger partial charge in [-0.3, -0.25) is 0 Å². The number of hydrogen-bond acceptors (Lipinski definition) is 3. The fourth-order valence-corrected chi connectivity index (χ4v) is 2.34. The molecule has 0 radical (unpaired) electrons. The van der Waals surface area contributed by atoms with E-state index < -0.39 is 0 Å². The summed E-state index contributed by atoms with van der Waals surface area (Å²) in [6.45, 7) is 5.19. The summed E-state index contributed by atoms with van der Waals surface area (Å²) in [5.74, 6) is 1.33. The maximum absolute atomic E-state index is 5.24. The molecule has 0 amide bonds. The van der Waals surface area contributed by atoms with Gasteiger partial charge in [0.15, 0.2) is 0 Å². The first kappa shape index (κ1) is 10.7. The Morgan fingerprint density at radius 3 is 3.07 bits per heavy atom. The molecule has 0 N–H and O–H groups in total. The maximum Gasteiger partial charge on any atom is 0.120 e. The zero-order chi connectivity index (χ0) is 10.7. The van der Waals surface area contributed by atoms with Crippen LogP contribution in [0.1, 0.15) is 43.0 Å². The molecule has 0 spiro atoms. The van der Waals surface area contributed by atoms with Crippen molar-refractivity contribution in [2.45, 2.75) is 32.6 Å². The molecule has 0 aliphatic heterocycles. The zero-order valence-corrected chi connectivity index (χ0v) is 10.1. The first-order valence-electron chi connectivity index (χ1n) is 5.50. The van der Waals surface area contributed by atoms with Gasteiger partial charge in [-0.2, -0.15) is 0 Å². The van der Waals surface area contributed by atoms with E-state index in [2.05, 4.69) is 30.4 Å². The SMILES string of the molecule is CC(C)c1ccsc1/C=N/OCC1CC1. The molecule has 2 nitrogen and oxygen atoms in total. The third kappa shape index (κ3) is 3.06. The molecule has 0 aromatic carbocycles. The monoisotopic (exact) mass is 223 g/mol. The molecule has 0 unspecified atom stereocenters. The second kappa shape index (κ2) is 4.79. The molecule has 1 aromatic heterocycles. The van der Waals surface area contributed by atoms with Crippen LogP contribution in [0.4, 0.5) is 0 Å². The van der Waals surface area contributed by atoms with E-state index in [-0.39, 0.29) is 0 Å². The Bertz CT molecular complexity index is 339. The summed E-state index contributed by atoms with van der Waals surface area (Å²) in [5.41, 5.74) is 1.36. The van der Waals surface area contributed by atoms with Gasteiger partial charge in [0.1, 0.15) is 6.61 Å². The topological polar surface area (TPSA) is 21.6 Å². The molecule has 0 atom stereocenters. The van der Waals surface area contributed by atoms with Gasteiger partial charge in [0, 0.05) is 0 Å². The molecular weight excluding hydrogens is 206 g/mol. The van der Waals surface area contributed by atoms with Crippen LogP contribution in [-0.2, 0) is 4.84 Å². The molecule has 1 saturated carbocycles. The molecule has 3 heteroatoms. The highest BCUT2D eigenvalue weighted by Crippen LogP contribution is 2.29. The first-order chi connectivity index (χ1) is 7.27.